The molecular weight excluding hydrogens is 178 g/mol. The Morgan fingerprint density at radius 2 is 2.21 bits per heavy atom. The van der Waals surface area contributed by atoms with E-state index in [9.17, 15) is 4.79 Å². The molecule has 2 saturated heterocycles. The van der Waals surface area contributed by atoms with E-state index < -0.39 is 0 Å². The third-order valence-corrected chi connectivity index (χ3v) is 3.49. The number of nitrogens with one attached hydrogen (secondary N) is 1. The first-order chi connectivity index (χ1) is 6.68. The molecule has 0 bridgehead atoms. The van der Waals surface area contributed by atoms with Crippen LogP contribution in [0.5, 0.6) is 0 Å². The lowest BCUT2D eigenvalue weighted by atomic mass is 9.91. The number of hydrogen-bond acceptors (Lipinski definition) is 2. The maximum atomic E-state index is 11.3. The van der Waals surface area contributed by atoms with Crippen LogP contribution in [0.3, 0.4) is 0 Å². The van der Waals surface area contributed by atoms with Crippen molar-refractivity contribution in [2.24, 2.45) is 5.92 Å². The zero-order valence-electron chi connectivity index (χ0n) is 8.99. The van der Waals surface area contributed by atoms with Crippen molar-refractivity contribution in [3.05, 3.63) is 0 Å². The van der Waals surface area contributed by atoms with Gasteiger partial charge in [0.05, 0.1) is 6.04 Å². The van der Waals surface area contributed by atoms with E-state index in [0.717, 1.165) is 13.1 Å². The van der Waals surface area contributed by atoms with E-state index >= 15 is 0 Å². The van der Waals surface area contributed by atoms with E-state index in [1.807, 2.05) is 11.9 Å². The standard InChI is InChI=1S/C10H19N3O/c1-12-5-3-4-8(7-12)9-6-11-10(14)13(9)2/h8-9H,3-7H2,1-2H3,(H,11,14). The summed E-state index contributed by atoms with van der Waals surface area (Å²) < 4.78 is 0. The van der Waals surface area contributed by atoms with Gasteiger partial charge in [-0.1, -0.05) is 0 Å². The Balaban J connectivity index is 1.97. The number of likely N-dealkylation sites (tertiary alicyclic amines) is 1. The van der Waals surface area contributed by atoms with Crippen LogP contribution in [0.1, 0.15) is 12.8 Å². The third kappa shape index (κ3) is 1.71. The molecular formula is C10H19N3O. The van der Waals surface area contributed by atoms with Crippen molar-refractivity contribution in [3.63, 3.8) is 0 Å². The number of carbonyl (C=O) groups is 1. The summed E-state index contributed by atoms with van der Waals surface area (Å²) in [6, 6.07) is 0.494. The molecule has 1 N–H and O–H groups in total. The summed E-state index contributed by atoms with van der Waals surface area (Å²) in [5.41, 5.74) is 0. The number of amides is 2. The second-order valence-electron chi connectivity index (χ2n) is 4.53. The fourth-order valence-corrected chi connectivity index (χ4v) is 2.61. The molecule has 14 heavy (non-hydrogen) atoms. The Morgan fingerprint density at radius 1 is 1.43 bits per heavy atom. The molecule has 0 radical (unpaired) electrons. The molecule has 2 heterocycles. The third-order valence-electron chi connectivity index (χ3n) is 3.49. The van der Waals surface area contributed by atoms with Crippen LogP contribution in [0.4, 0.5) is 4.79 Å². The van der Waals surface area contributed by atoms with Crippen molar-refractivity contribution in [1.82, 2.24) is 15.1 Å². The van der Waals surface area contributed by atoms with Crippen LogP contribution in [0.25, 0.3) is 0 Å². The van der Waals surface area contributed by atoms with Gasteiger partial charge in [0.15, 0.2) is 0 Å². The Labute approximate surface area is 85.2 Å². The minimum atomic E-state index is 0.0863. The molecule has 0 aromatic heterocycles. The number of hydrogen-bond donors (Lipinski definition) is 1. The molecule has 0 aliphatic carbocycles. The fraction of sp³-hybridized carbons (Fsp3) is 0.900. The molecule has 2 aliphatic heterocycles. The van der Waals surface area contributed by atoms with E-state index in [1.54, 1.807) is 0 Å². The van der Waals surface area contributed by atoms with Gasteiger partial charge in [-0.05, 0) is 32.4 Å². The van der Waals surface area contributed by atoms with Gasteiger partial charge in [-0.3, -0.25) is 0 Å². The molecule has 80 valence electrons. The summed E-state index contributed by atoms with van der Waals surface area (Å²) in [7, 11) is 4.07. The average Bonchev–Trinajstić information content (AvgIpc) is 2.48. The quantitative estimate of drug-likeness (QED) is 0.658. The Morgan fingerprint density at radius 3 is 2.79 bits per heavy atom. The van der Waals surface area contributed by atoms with Crippen LogP contribution in [-0.4, -0.2) is 55.6 Å². The van der Waals surface area contributed by atoms with Crippen molar-refractivity contribution in [2.45, 2.75) is 18.9 Å². The lowest BCUT2D eigenvalue weighted by Crippen LogP contribution is -2.44. The van der Waals surface area contributed by atoms with Crippen molar-refractivity contribution in [2.75, 3.05) is 33.7 Å². The molecule has 2 fully saturated rings. The van der Waals surface area contributed by atoms with E-state index in [1.165, 1.54) is 19.4 Å². The van der Waals surface area contributed by atoms with E-state index in [-0.39, 0.29) is 6.03 Å². The fourth-order valence-electron chi connectivity index (χ4n) is 2.61. The van der Waals surface area contributed by atoms with Crippen molar-refractivity contribution >= 4 is 6.03 Å². The van der Waals surface area contributed by atoms with E-state index in [2.05, 4.69) is 17.3 Å². The summed E-state index contributed by atoms with van der Waals surface area (Å²) in [5.74, 6) is 0.651. The smallest absolute Gasteiger partial charge is 0.317 e. The highest BCUT2D eigenvalue weighted by molar-refractivity contribution is 5.76. The zero-order valence-corrected chi connectivity index (χ0v) is 8.99. The van der Waals surface area contributed by atoms with Gasteiger partial charge in [-0.25, -0.2) is 4.79 Å². The number of urea groups is 1. The SMILES string of the molecule is CN1CCCC(C2CNC(=O)N2C)C1. The molecule has 2 amide bonds. The molecule has 0 aromatic carbocycles. The van der Waals surface area contributed by atoms with Gasteiger partial charge in [-0.15, -0.1) is 0 Å². The number of rotatable bonds is 1. The summed E-state index contributed by atoms with van der Waals surface area (Å²) in [6.45, 7) is 3.16. The minimum absolute atomic E-state index is 0.0863. The van der Waals surface area contributed by atoms with Crippen LogP contribution < -0.4 is 5.32 Å². The number of piperidine rings is 1. The molecule has 0 saturated carbocycles. The first kappa shape index (κ1) is 9.77. The lowest BCUT2D eigenvalue weighted by molar-refractivity contribution is 0.141. The van der Waals surface area contributed by atoms with Crippen LogP contribution in [0.2, 0.25) is 0 Å². The monoisotopic (exact) mass is 197 g/mol. The Bertz CT molecular complexity index is 231. The minimum Gasteiger partial charge on any atom is -0.336 e. The van der Waals surface area contributed by atoms with Gasteiger partial charge < -0.3 is 15.1 Å². The number of likely N-dealkylation sites (N-methyl/N-ethyl adjacent to an activating group) is 1. The van der Waals surface area contributed by atoms with Gasteiger partial charge in [0.1, 0.15) is 0 Å². The Kier molecular flexibility index (Phi) is 2.63. The molecule has 0 spiro atoms. The van der Waals surface area contributed by atoms with Gasteiger partial charge in [0.25, 0.3) is 0 Å². The molecule has 4 nitrogen and oxygen atoms in total. The van der Waals surface area contributed by atoms with Gasteiger partial charge >= 0.3 is 6.03 Å². The van der Waals surface area contributed by atoms with Gasteiger partial charge in [0.2, 0.25) is 0 Å². The number of carbonyl (C=O) groups excluding carboxylic acids is 1. The van der Waals surface area contributed by atoms with E-state index in [4.69, 9.17) is 0 Å². The molecule has 2 aliphatic rings. The topological polar surface area (TPSA) is 35.6 Å². The Hall–Kier alpha value is -0.770. The summed E-state index contributed by atoms with van der Waals surface area (Å²) >= 11 is 0. The highest BCUT2D eigenvalue weighted by atomic mass is 16.2. The summed E-state index contributed by atoms with van der Waals surface area (Å²) in [6.07, 6.45) is 2.52. The van der Waals surface area contributed by atoms with Crippen LogP contribution in [0.15, 0.2) is 0 Å². The first-order valence-electron chi connectivity index (χ1n) is 5.37. The average molecular weight is 197 g/mol. The van der Waals surface area contributed by atoms with Crippen LogP contribution >= 0.6 is 0 Å². The van der Waals surface area contributed by atoms with Crippen molar-refractivity contribution in [3.8, 4) is 0 Å². The van der Waals surface area contributed by atoms with Crippen molar-refractivity contribution < 1.29 is 4.79 Å². The van der Waals surface area contributed by atoms with E-state index in [0.29, 0.717) is 12.0 Å². The molecule has 2 rings (SSSR count). The van der Waals surface area contributed by atoms with Crippen molar-refractivity contribution in [1.29, 1.82) is 0 Å². The van der Waals surface area contributed by atoms with Gasteiger partial charge in [-0.2, -0.15) is 0 Å². The molecule has 2 unspecified atom stereocenters. The maximum Gasteiger partial charge on any atom is 0.317 e. The second kappa shape index (κ2) is 3.77. The second-order valence-corrected chi connectivity index (χ2v) is 4.53. The highest BCUT2D eigenvalue weighted by Crippen LogP contribution is 2.23. The van der Waals surface area contributed by atoms with Crippen LogP contribution in [0, 0.1) is 5.92 Å². The van der Waals surface area contributed by atoms with Crippen LogP contribution in [-0.2, 0) is 0 Å². The summed E-state index contributed by atoms with van der Waals surface area (Å²) in [4.78, 5) is 15.5. The highest BCUT2D eigenvalue weighted by Gasteiger charge is 2.35. The largest absolute Gasteiger partial charge is 0.336 e. The molecule has 4 heteroatoms. The normalized spacial score (nSPS) is 34.7. The first-order valence-corrected chi connectivity index (χ1v) is 5.37. The predicted octanol–water partition coefficient (Wildman–Crippen LogP) is 0.352. The number of nitrogens with zero attached hydrogens (tertiary/aromatic N) is 2. The maximum absolute atomic E-state index is 11.3. The zero-order chi connectivity index (χ0) is 10.1. The molecule has 0 aromatic rings. The summed E-state index contributed by atoms with van der Waals surface area (Å²) in [5, 5.41) is 2.90. The van der Waals surface area contributed by atoms with Gasteiger partial charge in [0, 0.05) is 20.1 Å². The molecule has 2 atom stereocenters. The lowest BCUT2D eigenvalue weighted by Gasteiger charge is -2.35. The predicted molar refractivity (Wildman–Crippen MR) is 55.2 cm³/mol.